The van der Waals surface area contributed by atoms with Gasteiger partial charge in [-0.25, -0.2) is 9.97 Å². The Morgan fingerprint density at radius 3 is 2.62 bits per heavy atom. The Balaban J connectivity index is 2.14. The fourth-order valence-corrected chi connectivity index (χ4v) is 2.03. The van der Waals surface area contributed by atoms with Crippen molar-refractivity contribution in [3.05, 3.63) is 53.3 Å². The molecule has 1 aromatic carbocycles. The van der Waals surface area contributed by atoms with Gasteiger partial charge in [-0.2, -0.15) is 15.0 Å². The van der Waals surface area contributed by atoms with Crippen LogP contribution in [0.15, 0.2) is 42.6 Å². The number of rotatable bonds is 2. The van der Waals surface area contributed by atoms with Crippen LogP contribution in [0.2, 0.25) is 5.15 Å². The van der Waals surface area contributed by atoms with E-state index in [4.69, 9.17) is 22.6 Å². The van der Waals surface area contributed by atoms with Crippen LogP contribution < -0.4 is 5.73 Å². The van der Waals surface area contributed by atoms with Gasteiger partial charge in [-0.3, -0.25) is 0 Å². The van der Waals surface area contributed by atoms with Gasteiger partial charge in [0.2, 0.25) is 0 Å². The Morgan fingerprint density at radius 2 is 1.95 bits per heavy atom. The Morgan fingerprint density at radius 1 is 1.19 bits per heavy atom. The van der Waals surface area contributed by atoms with Gasteiger partial charge in [0.15, 0.2) is 11.6 Å². The van der Waals surface area contributed by atoms with Gasteiger partial charge in [0.05, 0.1) is 6.20 Å². The van der Waals surface area contributed by atoms with Gasteiger partial charge in [0, 0.05) is 11.6 Å². The summed E-state index contributed by atoms with van der Waals surface area (Å²) in [4.78, 5) is 8.59. The minimum atomic E-state index is 0.214. The van der Waals surface area contributed by atoms with Crippen molar-refractivity contribution in [1.82, 2.24) is 19.7 Å². The Kier molecular flexibility index (Phi) is 3.26. The molecule has 0 fully saturated rings. The third-order valence-corrected chi connectivity index (χ3v) is 3.05. The lowest BCUT2D eigenvalue weighted by Gasteiger charge is -2.06. The minimum Gasteiger partial charge on any atom is -0.382 e. The van der Waals surface area contributed by atoms with Crippen LogP contribution in [-0.4, -0.2) is 19.7 Å². The lowest BCUT2D eigenvalue weighted by Crippen LogP contribution is -2.06. The first-order valence-electron chi connectivity index (χ1n) is 6.03. The number of nitriles is 1. The summed E-state index contributed by atoms with van der Waals surface area (Å²) in [7, 11) is 0. The maximum atomic E-state index is 8.92. The van der Waals surface area contributed by atoms with E-state index in [0.29, 0.717) is 11.6 Å². The Hall–Kier alpha value is -2.91. The van der Waals surface area contributed by atoms with Gasteiger partial charge in [0.1, 0.15) is 22.6 Å². The molecule has 2 aromatic heterocycles. The number of nitrogen functional groups attached to an aromatic ring is 1. The number of hydrogen-bond donors (Lipinski definition) is 1. The number of nitrogens with zero attached hydrogens (tertiary/aromatic N) is 5. The zero-order valence-corrected chi connectivity index (χ0v) is 11.5. The van der Waals surface area contributed by atoms with Crippen LogP contribution in [0.3, 0.4) is 0 Å². The third kappa shape index (κ3) is 2.42. The molecule has 0 amide bonds. The molecule has 0 bridgehead atoms. The van der Waals surface area contributed by atoms with E-state index >= 15 is 0 Å². The van der Waals surface area contributed by atoms with E-state index in [-0.39, 0.29) is 16.5 Å². The normalized spacial score (nSPS) is 10.3. The second-order valence-corrected chi connectivity index (χ2v) is 4.59. The number of anilines is 1. The van der Waals surface area contributed by atoms with Crippen molar-refractivity contribution >= 4 is 17.4 Å². The lowest BCUT2D eigenvalue weighted by molar-refractivity contribution is 0.851. The van der Waals surface area contributed by atoms with Crippen molar-refractivity contribution in [3.8, 4) is 23.3 Å². The van der Waals surface area contributed by atoms with E-state index in [0.717, 1.165) is 5.56 Å². The molecule has 0 spiro atoms. The van der Waals surface area contributed by atoms with Crippen LogP contribution in [0.1, 0.15) is 5.56 Å². The SMILES string of the molecule is N#Cc1cnn(-c2cc(Cl)nc(-c3ccccc3)n2)c1N. The molecule has 6 nitrogen and oxygen atoms in total. The van der Waals surface area contributed by atoms with Crippen LogP contribution in [0.5, 0.6) is 0 Å². The molecule has 102 valence electrons. The van der Waals surface area contributed by atoms with Gasteiger partial charge < -0.3 is 5.73 Å². The monoisotopic (exact) mass is 296 g/mol. The van der Waals surface area contributed by atoms with E-state index in [2.05, 4.69) is 15.1 Å². The molecule has 0 radical (unpaired) electrons. The molecule has 21 heavy (non-hydrogen) atoms. The van der Waals surface area contributed by atoms with Crippen LogP contribution in [0.25, 0.3) is 17.2 Å². The average molecular weight is 297 g/mol. The number of halogens is 1. The summed E-state index contributed by atoms with van der Waals surface area (Å²) >= 11 is 6.04. The van der Waals surface area contributed by atoms with Crippen molar-refractivity contribution in [2.75, 3.05) is 5.73 Å². The molecule has 0 saturated carbocycles. The first-order chi connectivity index (χ1) is 10.2. The van der Waals surface area contributed by atoms with Crippen molar-refractivity contribution in [3.63, 3.8) is 0 Å². The zero-order valence-electron chi connectivity index (χ0n) is 10.7. The number of hydrogen-bond acceptors (Lipinski definition) is 5. The van der Waals surface area contributed by atoms with Crippen LogP contribution in [0.4, 0.5) is 5.82 Å². The summed E-state index contributed by atoms with van der Waals surface area (Å²) < 4.78 is 1.36. The first-order valence-corrected chi connectivity index (χ1v) is 6.41. The Bertz CT molecular complexity index is 834. The maximum Gasteiger partial charge on any atom is 0.163 e. The van der Waals surface area contributed by atoms with E-state index in [1.807, 2.05) is 36.4 Å². The molecule has 3 aromatic rings. The molecule has 0 saturated heterocycles. The topological polar surface area (TPSA) is 93.4 Å². The summed E-state index contributed by atoms with van der Waals surface area (Å²) in [5.74, 6) is 1.09. The van der Waals surface area contributed by atoms with E-state index in [1.54, 1.807) is 6.07 Å². The van der Waals surface area contributed by atoms with Gasteiger partial charge in [-0.15, -0.1) is 0 Å². The Labute approximate surface area is 125 Å². The van der Waals surface area contributed by atoms with Crippen LogP contribution in [0, 0.1) is 11.3 Å². The molecule has 2 heterocycles. The average Bonchev–Trinajstić information content (AvgIpc) is 2.88. The highest BCUT2D eigenvalue weighted by atomic mass is 35.5. The number of aromatic nitrogens is 4. The predicted octanol–water partition coefficient (Wildman–Crippen LogP) is 2.44. The van der Waals surface area contributed by atoms with Gasteiger partial charge in [0.25, 0.3) is 0 Å². The fourth-order valence-electron chi connectivity index (χ4n) is 1.86. The second kappa shape index (κ2) is 5.23. The molecule has 0 aliphatic rings. The molecule has 0 aliphatic carbocycles. The summed E-state index contributed by atoms with van der Waals surface area (Å²) in [5, 5.41) is 13.2. The molecular weight excluding hydrogens is 288 g/mol. The third-order valence-electron chi connectivity index (χ3n) is 2.86. The molecular formula is C14H9ClN6. The van der Waals surface area contributed by atoms with Crippen molar-refractivity contribution in [1.29, 1.82) is 5.26 Å². The summed E-state index contributed by atoms with van der Waals surface area (Å²) in [5.41, 5.74) is 6.97. The lowest BCUT2D eigenvalue weighted by atomic mass is 10.2. The van der Waals surface area contributed by atoms with Crippen molar-refractivity contribution in [2.24, 2.45) is 0 Å². The molecule has 2 N–H and O–H groups in total. The fraction of sp³-hybridized carbons (Fsp3) is 0. The highest BCUT2D eigenvalue weighted by Gasteiger charge is 2.12. The predicted molar refractivity (Wildman–Crippen MR) is 78.7 cm³/mol. The summed E-state index contributed by atoms with van der Waals surface area (Å²) in [6, 6.07) is 12.9. The summed E-state index contributed by atoms with van der Waals surface area (Å²) in [6.45, 7) is 0. The summed E-state index contributed by atoms with van der Waals surface area (Å²) in [6.07, 6.45) is 1.38. The van der Waals surface area contributed by atoms with Gasteiger partial charge in [-0.1, -0.05) is 41.9 Å². The smallest absolute Gasteiger partial charge is 0.163 e. The van der Waals surface area contributed by atoms with E-state index in [9.17, 15) is 0 Å². The zero-order chi connectivity index (χ0) is 14.8. The van der Waals surface area contributed by atoms with Gasteiger partial charge in [-0.05, 0) is 0 Å². The second-order valence-electron chi connectivity index (χ2n) is 4.21. The molecule has 0 atom stereocenters. The number of benzene rings is 1. The van der Waals surface area contributed by atoms with Crippen LogP contribution in [-0.2, 0) is 0 Å². The van der Waals surface area contributed by atoms with E-state index in [1.165, 1.54) is 10.9 Å². The molecule has 3 rings (SSSR count). The molecule has 0 aliphatic heterocycles. The quantitative estimate of drug-likeness (QED) is 0.733. The molecule has 7 heteroatoms. The van der Waals surface area contributed by atoms with Crippen LogP contribution >= 0.6 is 11.6 Å². The van der Waals surface area contributed by atoms with Gasteiger partial charge >= 0.3 is 0 Å². The molecule has 0 unspecified atom stereocenters. The maximum absolute atomic E-state index is 8.92. The van der Waals surface area contributed by atoms with E-state index < -0.39 is 0 Å². The van der Waals surface area contributed by atoms with Crippen molar-refractivity contribution in [2.45, 2.75) is 0 Å². The standard InChI is InChI=1S/C14H9ClN6/c15-11-6-12(21-13(17)10(7-16)8-18-21)20-14(19-11)9-4-2-1-3-5-9/h1-6,8H,17H2. The number of nitrogens with two attached hydrogens (primary N) is 1. The minimum absolute atomic E-state index is 0.214. The largest absolute Gasteiger partial charge is 0.382 e. The van der Waals surface area contributed by atoms with Crippen molar-refractivity contribution < 1.29 is 0 Å². The highest BCUT2D eigenvalue weighted by Crippen LogP contribution is 2.21. The first kappa shape index (κ1) is 13.1. The highest BCUT2D eigenvalue weighted by molar-refractivity contribution is 6.29.